The number of aliphatic hydroxyl groups is 1. The summed E-state index contributed by atoms with van der Waals surface area (Å²) in [5.41, 5.74) is 0.586. The van der Waals surface area contributed by atoms with Crippen LogP contribution in [0, 0.1) is 10.1 Å². The summed E-state index contributed by atoms with van der Waals surface area (Å²) in [6.45, 7) is 0.496. The Kier molecular flexibility index (Phi) is 4.61. The maximum Gasteiger partial charge on any atom is 0.270 e. The van der Waals surface area contributed by atoms with E-state index in [4.69, 9.17) is 4.74 Å². The second-order valence-electron chi connectivity index (χ2n) is 4.65. The molecule has 0 saturated heterocycles. The lowest BCUT2D eigenvalue weighted by molar-refractivity contribution is -0.384. The van der Waals surface area contributed by atoms with Gasteiger partial charge in [0.05, 0.1) is 23.2 Å². The topological polar surface area (TPSA) is 102 Å². The Hall–Kier alpha value is -2.32. The Labute approximate surface area is 121 Å². The number of benzene rings is 1. The van der Waals surface area contributed by atoms with Gasteiger partial charge in [-0.05, 0) is 6.07 Å². The van der Waals surface area contributed by atoms with Crippen molar-refractivity contribution in [2.75, 3.05) is 32.2 Å². The summed E-state index contributed by atoms with van der Waals surface area (Å²) in [4.78, 5) is 20.4. The van der Waals surface area contributed by atoms with E-state index in [1.807, 2.05) is 0 Å². The molecule has 0 saturated carbocycles. The highest BCUT2D eigenvalue weighted by molar-refractivity contribution is 5.90. The molecule has 0 aliphatic rings. The van der Waals surface area contributed by atoms with Crippen molar-refractivity contribution in [3.8, 4) is 0 Å². The van der Waals surface area contributed by atoms with Gasteiger partial charge in [0.25, 0.3) is 5.69 Å². The number of likely N-dealkylation sites (N-methyl/N-ethyl adjacent to an activating group) is 1. The zero-order valence-corrected chi connectivity index (χ0v) is 11.8. The number of methoxy groups -OCH3 is 1. The van der Waals surface area contributed by atoms with Crippen LogP contribution in [0.2, 0.25) is 0 Å². The van der Waals surface area contributed by atoms with Crippen LogP contribution in [0.15, 0.2) is 24.5 Å². The van der Waals surface area contributed by atoms with Gasteiger partial charge in [0.2, 0.25) is 0 Å². The van der Waals surface area contributed by atoms with E-state index < -0.39 is 11.0 Å². The van der Waals surface area contributed by atoms with E-state index >= 15 is 0 Å². The molecule has 0 aliphatic carbocycles. The highest BCUT2D eigenvalue weighted by Crippen LogP contribution is 2.26. The third-order valence-corrected chi connectivity index (χ3v) is 3.01. The lowest BCUT2D eigenvalue weighted by atomic mass is 10.2. The lowest BCUT2D eigenvalue weighted by Gasteiger charge is -2.22. The molecule has 112 valence electrons. The first-order valence-corrected chi connectivity index (χ1v) is 6.30. The van der Waals surface area contributed by atoms with Crippen molar-refractivity contribution in [3.63, 3.8) is 0 Å². The van der Waals surface area contributed by atoms with Gasteiger partial charge in [-0.15, -0.1) is 0 Å². The molecule has 21 heavy (non-hydrogen) atoms. The van der Waals surface area contributed by atoms with Crippen LogP contribution in [0.5, 0.6) is 0 Å². The van der Waals surface area contributed by atoms with E-state index in [9.17, 15) is 15.2 Å². The van der Waals surface area contributed by atoms with Crippen LogP contribution in [0.1, 0.15) is 0 Å². The lowest BCUT2D eigenvalue weighted by Crippen LogP contribution is -2.32. The number of anilines is 1. The van der Waals surface area contributed by atoms with Crippen LogP contribution in [-0.4, -0.2) is 53.4 Å². The van der Waals surface area contributed by atoms with Crippen LogP contribution >= 0.6 is 0 Å². The molecule has 2 aromatic rings. The molecule has 0 radical (unpaired) electrons. The van der Waals surface area contributed by atoms with Crippen LogP contribution < -0.4 is 4.90 Å². The fraction of sp³-hybridized carbons (Fsp3) is 0.385. The highest BCUT2D eigenvalue weighted by Gasteiger charge is 2.15. The Balaban J connectivity index is 2.38. The van der Waals surface area contributed by atoms with E-state index in [0.717, 1.165) is 0 Å². The summed E-state index contributed by atoms with van der Waals surface area (Å²) in [6, 6.07) is 4.42. The van der Waals surface area contributed by atoms with Gasteiger partial charge in [-0.1, -0.05) is 0 Å². The first kappa shape index (κ1) is 15.1. The minimum atomic E-state index is -0.677. The van der Waals surface area contributed by atoms with Gasteiger partial charge in [-0.25, -0.2) is 9.97 Å². The number of non-ortho nitro benzene ring substituents is 1. The molecule has 1 N–H and O–H groups in total. The summed E-state index contributed by atoms with van der Waals surface area (Å²) >= 11 is 0. The third-order valence-electron chi connectivity index (χ3n) is 3.01. The Bertz CT molecular complexity index is 649. The molecule has 1 aromatic carbocycles. The Morgan fingerprint density at radius 1 is 1.48 bits per heavy atom. The first-order valence-electron chi connectivity index (χ1n) is 6.30. The molecule has 8 nitrogen and oxygen atoms in total. The summed E-state index contributed by atoms with van der Waals surface area (Å²) in [6.07, 6.45) is 0.714. The van der Waals surface area contributed by atoms with Crippen molar-refractivity contribution in [2.24, 2.45) is 0 Å². The van der Waals surface area contributed by atoms with E-state index in [-0.39, 0.29) is 12.3 Å². The van der Waals surface area contributed by atoms with Gasteiger partial charge in [0.15, 0.2) is 0 Å². The van der Waals surface area contributed by atoms with E-state index in [0.29, 0.717) is 23.3 Å². The Morgan fingerprint density at radius 3 is 2.90 bits per heavy atom. The number of rotatable bonds is 6. The minimum absolute atomic E-state index is 0.0237. The van der Waals surface area contributed by atoms with Gasteiger partial charge >= 0.3 is 0 Å². The number of nitro groups is 1. The quantitative estimate of drug-likeness (QED) is 0.625. The van der Waals surface area contributed by atoms with Crippen molar-refractivity contribution in [3.05, 3.63) is 34.6 Å². The van der Waals surface area contributed by atoms with E-state index in [1.165, 1.54) is 25.6 Å². The summed E-state index contributed by atoms with van der Waals surface area (Å²) < 4.78 is 4.88. The predicted molar refractivity (Wildman–Crippen MR) is 77.3 cm³/mol. The number of aliphatic hydroxyl groups excluding tert-OH is 1. The second-order valence-corrected chi connectivity index (χ2v) is 4.65. The Morgan fingerprint density at radius 2 is 2.24 bits per heavy atom. The van der Waals surface area contributed by atoms with Crippen LogP contribution in [0.4, 0.5) is 11.5 Å². The molecule has 2 rings (SSSR count). The van der Waals surface area contributed by atoms with E-state index in [2.05, 4.69) is 9.97 Å². The van der Waals surface area contributed by atoms with Crippen molar-refractivity contribution in [1.82, 2.24) is 9.97 Å². The van der Waals surface area contributed by atoms with Crippen LogP contribution in [0.25, 0.3) is 10.9 Å². The maximum absolute atomic E-state index is 10.9. The third kappa shape index (κ3) is 3.41. The minimum Gasteiger partial charge on any atom is -0.389 e. The smallest absolute Gasteiger partial charge is 0.270 e. The van der Waals surface area contributed by atoms with Gasteiger partial charge in [0, 0.05) is 38.2 Å². The van der Waals surface area contributed by atoms with Gasteiger partial charge in [-0.2, -0.15) is 0 Å². The number of hydrogen-bond acceptors (Lipinski definition) is 7. The molecular weight excluding hydrogens is 276 g/mol. The molecule has 0 bridgehead atoms. The SMILES string of the molecule is COCC(O)CN(C)c1ncnc2ccc([N+](=O)[O-])cc12. The summed E-state index contributed by atoms with van der Waals surface area (Å²) in [5, 5.41) is 21.2. The number of ether oxygens (including phenoxy) is 1. The maximum atomic E-state index is 10.9. The van der Waals surface area contributed by atoms with Gasteiger partial charge < -0.3 is 14.7 Å². The average molecular weight is 292 g/mol. The number of nitrogens with zero attached hydrogens (tertiary/aromatic N) is 4. The zero-order valence-electron chi connectivity index (χ0n) is 11.8. The average Bonchev–Trinajstić information content (AvgIpc) is 2.46. The molecule has 0 spiro atoms. The molecule has 1 atom stereocenters. The molecule has 8 heteroatoms. The fourth-order valence-electron chi connectivity index (χ4n) is 2.10. The number of hydrogen-bond donors (Lipinski definition) is 1. The normalized spacial score (nSPS) is 12.3. The molecule has 1 aromatic heterocycles. The van der Waals surface area contributed by atoms with Crippen molar-refractivity contribution in [1.29, 1.82) is 0 Å². The monoisotopic (exact) mass is 292 g/mol. The summed E-state index contributed by atoms with van der Waals surface area (Å²) in [5.74, 6) is 0.527. The number of nitro benzene ring substituents is 1. The number of aromatic nitrogens is 2. The number of fused-ring (bicyclic) bond motifs is 1. The highest BCUT2D eigenvalue weighted by atomic mass is 16.6. The molecule has 0 aliphatic heterocycles. The van der Waals surface area contributed by atoms with Crippen molar-refractivity contribution >= 4 is 22.4 Å². The molecule has 1 heterocycles. The van der Waals surface area contributed by atoms with Crippen LogP contribution in [-0.2, 0) is 4.74 Å². The second kappa shape index (κ2) is 6.42. The van der Waals surface area contributed by atoms with Gasteiger partial charge in [0.1, 0.15) is 12.1 Å². The largest absolute Gasteiger partial charge is 0.389 e. The van der Waals surface area contributed by atoms with E-state index in [1.54, 1.807) is 18.0 Å². The molecule has 0 amide bonds. The standard InChI is InChI=1S/C13H16N4O4/c1-16(6-10(18)7-21-2)13-11-5-9(17(19)20)3-4-12(11)14-8-15-13/h3-5,8,10,18H,6-7H2,1-2H3. The van der Waals surface area contributed by atoms with Crippen LogP contribution in [0.3, 0.4) is 0 Å². The van der Waals surface area contributed by atoms with Crippen molar-refractivity contribution in [2.45, 2.75) is 6.10 Å². The molecular formula is C13H16N4O4. The molecule has 1 unspecified atom stereocenters. The van der Waals surface area contributed by atoms with Crippen molar-refractivity contribution < 1.29 is 14.8 Å². The summed E-state index contributed by atoms with van der Waals surface area (Å²) in [7, 11) is 3.26. The first-order chi connectivity index (χ1) is 10.0. The van der Waals surface area contributed by atoms with Gasteiger partial charge in [-0.3, -0.25) is 10.1 Å². The predicted octanol–water partition coefficient (Wildman–Crippen LogP) is 0.982. The molecule has 0 fully saturated rings. The zero-order chi connectivity index (χ0) is 15.4. The fourth-order valence-corrected chi connectivity index (χ4v) is 2.10.